The SMILES string of the molecule is Cc1cc(CN(CCC(C)C)C(=O)O)ccc1Br. The van der Waals surface area contributed by atoms with Crippen molar-refractivity contribution in [2.24, 2.45) is 5.92 Å². The molecule has 0 fully saturated rings. The number of hydrogen-bond donors (Lipinski definition) is 1. The molecule has 1 aromatic carbocycles. The Morgan fingerprint density at radius 2 is 2.11 bits per heavy atom. The van der Waals surface area contributed by atoms with Gasteiger partial charge in [0, 0.05) is 17.6 Å². The van der Waals surface area contributed by atoms with E-state index in [0.717, 1.165) is 22.0 Å². The van der Waals surface area contributed by atoms with Gasteiger partial charge in [0.25, 0.3) is 0 Å². The molecule has 100 valence electrons. The third kappa shape index (κ3) is 4.69. The molecule has 0 atom stereocenters. The summed E-state index contributed by atoms with van der Waals surface area (Å²) in [5, 5.41) is 9.19. The summed E-state index contributed by atoms with van der Waals surface area (Å²) in [5.74, 6) is 0.513. The molecule has 4 heteroatoms. The molecule has 0 aliphatic carbocycles. The van der Waals surface area contributed by atoms with Crippen molar-refractivity contribution in [3.8, 4) is 0 Å². The van der Waals surface area contributed by atoms with Gasteiger partial charge in [-0.3, -0.25) is 0 Å². The summed E-state index contributed by atoms with van der Waals surface area (Å²) >= 11 is 3.44. The van der Waals surface area contributed by atoms with Gasteiger partial charge in [-0.25, -0.2) is 4.79 Å². The van der Waals surface area contributed by atoms with E-state index < -0.39 is 6.09 Å². The van der Waals surface area contributed by atoms with Crippen LogP contribution in [-0.4, -0.2) is 22.6 Å². The van der Waals surface area contributed by atoms with E-state index in [1.54, 1.807) is 0 Å². The van der Waals surface area contributed by atoms with Gasteiger partial charge in [-0.2, -0.15) is 0 Å². The zero-order chi connectivity index (χ0) is 13.7. The molecule has 1 amide bonds. The Labute approximate surface area is 117 Å². The summed E-state index contributed by atoms with van der Waals surface area (Å²) < 4.78 is 1.05. The Hall–Kier alpha value is -1.03. The maximum absolute atomic E-state index is 11.2. The Balaban J connectivity index is 2.70. The summed E-state index contributed by atoms with van der Waals surface area (Å²) in [7, 11) is 0. The van der Waals surface area contributed by atoms with Crippen molar-refractivity contribution in [1.82, 2.24) is 4.90 Å². The largest absolute Gasteiger partial charge is 0.465 e. The van der Waals surface area contributed by atoms with E-state index in [-0.39, 0.29) is 0 Å². The van der Waals surface area contributed by atoms with Crippen LogP contribution in [0.5, 0.6) is 0 Å². The topological polar surface area (TPSA) is 40.5 Å². The zero-order valence-corrected chi connectivity index (χ0v) is 12.7. The number of hydrogen-bond acceptors (Lipinski definition) is 1. The van der Waals surface area contributed by atoms with Crippen molar-refractivity contribution >= 4 is 22.0 Å². The molecule has 0 aliphatic heterocycles. The summed E-state index contributed by atoms with van der Waals surface area (Å²) in [4.78, 5) is 12.7. The summed E-state index contributed by atoms with van der Waals surface area (Å²) in [5.41, 5.74) is 2.16. The lowest BCUT2D eigenvalue weighted by atomic mass is 10.1. The van der Waals surface area contributed by atoms with Crippen molar-refractivity contribution < 1.29 is 9.90 Å². The van der Waals surface area contributed by atoms with Crippen molar-refractivity contribution in [3.05, 3.63) is 33.8 Å². The first-order valence-electron chi connectivity index (χ1n) is 6.13. The number of halogens is 1. The molecule has 0 aliphatic rings. The first-order chi connectivity index (χ1) is 8.40. The lowest BCUT2D eigenvalue weighted by Crippen LogP contribution is -2.30. The van der Waals surface area contributed by atoms with Crippen LogP contribution in [-0.2, 0) is 6.54 Å². The van der Waals surface area contributed by atoms with Crippen LogP contribution >= 0.6 is 15.9 Å². The number of benzene rings is 1. The first kappa shape index (κ1) is 15.0. The maximum Gasteiger partial charge on any atom is 0.407 e. The van der Waals surface area contributed by atoms with Crippen LogP contribution in [0.15, 0.2) is 22.7 Å². The molecule has 3 nitrogen and oxygen atoms in total. The van der Waals surface area contributed by atoms with Gasteiger partial charge in [0.05, 0.1) is 0 Å². The van der Waals surface area contributed by atoms with Gasteiger partial charge in [0.1, 0.15) is 0 Å². The number of aryl methyl sites for hydroxylation is 1. The fourth-order valence-corrected chi connectivity index (χ4v) is 1.93. The smallest absolute Gasteiger partial charge is 0.407 e. The summed E-state index contributed by atoms with van der Waals surface area (Å²) in [6.07, 6.45) is 0.0400. The van der Waals surface area contributed by atoms with Crippen molar-refractivity contribution in [3.63, 3.8) is 0 Å². The average Bonchev–Trinajstić information content (AvgIpc) is 2.28. The molecule has 0 spiro atoms. The fraction of sp³-hybridized carbons (Fsp3) is 0.500. The standard InChI is InChI=1S/C14H20BrNO2/c1-10(2)6-7-16(14(17)18)9-12-4-5-13(15)11(3)8-12/h4-5,8,10H,6-7,9H2,1-3H3,(H,17,18). The zero-order valence-electron chi connectivity index (χ0n) is 11.1. The van der Waals surface area contributed by atoms with Crippen LogP contribution < -0.4 is 0 Å². The minimum absolute atomic E-state index is 0.455. The molecule has 0 unspecified atom stereocenters. The highest BCUT2D eigenvalue weighted by Crippen LogP contribution is 2.18. The third-order valence-corrected chi connectivity index (χ3v) is 3.73. The molecule has 0 radical (unpaired) electrons. The normalized spacial score (nSPS) is 10.7. The van der Waals surface area contributed by atoms with Gasteiger partial charge in [0.2, 0.25) is 0 Å². The van der Waals surface area contributed by atoms with E-state index in [4.69, 9.17) is 0 Å². The second kappa shape index (κ2) is 6.78. The minimum atomic E-state index is -0.851. The first-order valence-corrected chi connectivity index (χ1v) is 6.92. The van der Waals surface area contributed by atoms with E-state index in [1.807, 2.05) is 25.1 Å². The number of nitrogens with zero attached hydrogens (tertiary/aromatic N) is 1. The van der Waals surface area contributed by atoms with Crippen molar-refractivity contribution in [2.45, 2.75) is 33.7 Å². The van der Waals surface area contributed by atoms with Crippen molar-refractivity contribution in [2.75, 3.05) is 6.54 Å². The van der Waals surface area contributed by atoms with Gasteiger partial charge in [-0.05, 0) is 36.5 Å². The predicted molar refractivity (Wildman–Crippen MR) is 76.8 cm³/mol. The lowest BCUT2D eigenvalue weighted by molar-refractivity contribution is 0.140. The molecule has 1 rings (SSSR count). The van der Waals surface area contributed by atoms with Crippen LogP contribution in [0.25, 0.3) is 0 Å². The maximum atomic E-state index is 11.2. The van der Waals surface area contributed by atoms with Gasteiger partial charge < -0.3 is 10.0 Å². The molecule has 0 saturated heterocycles. The van der Waals surface area contributed by atoms with Gasteiger partial charge in [-0.15, -0.1) is 0 Å². The molecule has 0 bridgehead atoms. The molecule has 0 heterocycles. The molecule has 1 N–H and O–H groups in total. The molecule has 18 heavy (non-hydrogen) atoms. The quantitative estimate of drug-likeness (QED) is 0.881. The van der Waals surface area contributed by atoms with E-state index in [9.17, 15) is 9.90 Å². The van der Waals surface area contributed by atoms with Crippen molar-refractivity contribution in [1.29, 1.82) is 0 Å². The average molecular weight is 314 g/mol. The fourth-order valence-electron chi connectivity index (χ4n) is 1.68. The Morgan fingerprint density at radius 1 is 1.44 bits per heavy atom. The minimum Gasteiger partial charge on any atom is -0.465 e. The molecule has 1 aromatic rings. The van der Waals surface area contributed by atoms with Crippen LogP contribution in [0, 0.1) is 12.8 Å². The second-order valence-corrected chi connectivity index (χ2v) is 5.82. The van der Waals surface area contributed by atoms with Gasteiger partial charge >= 0.3 is 6.09 Å². The molecule has 0 aromatic heterocycles. The molecular formula is C14H20BrNO2. The Morgan fingerprint density at radius 3 is 2.61 bits per heavy atom. The highest BCUT2D eigenvalue weighted by molar-refractivity contribution is 9.10. The van der Waals surface area contributed by atoms with Crippen LogP contribution in [0.2, 0.25) is 0 Å². The Kier molecular flexibility index (Phi) is 5.66. The molecular weight excluding hydrogens is 294 g/mol. The highest BCUT2D eigenvalue weighted by Gasteiger charge is 2.13. The highest BCUT2D eigenvalue weighted by atomic mass is 79.9. The van der Waals surface area contributed by atoms with Crippen LogP contribution in [0.1, 0.15) is 31.4 Å². The summed E-state index contributed by atoms with van der Waals surface area (Å²) in [6.45, 7) is 7.25. The number of carbonyl (C=O) groups is 1. The summed E-state index contributed by atoms with van der Waals surface area (Å²) in [6, 6.07) is 5.95. The Bertz CT molecular complexity index is 418. The van der Waals surface area contributed by atoms with Crippen LogP contribution in [0.3, 0.4) is 0 Å². The second-order valence-electron chi connectivity index (χ2n) is 4.97. The van der Waals surface area contributed by atoms with E-state index >= 15 is 0 Å². The van der Waals surface area contributed by atoms with Gasteiger partial charge in [-0.1, -0.05) is 41.9 Å². The third-order valence-electron chi connectivity index (χ3n) is 2.84. The monoisotopic (exact) mass is 313 g/mol. The van der Waals surface area contributed by atoms with E-state index in [2.05, 4.69) is 29.8 Å². The lowest BCUT2D eigenvalue weighted by Gasteiger charge is -2.20. The van der Waals surface area contributed by atoms with Gasteiger partial charge in [0.15, 0.2) is 0 Å². The van der Waals surface area contributed by atoms with E-state index in [0.29, 0.717) is 19.0 Å². The number of rotatable bonds is 5. The van der Waals surface area contributed by atoms with E-state index in [1.165, 1.54) is 4.90 Å². The van der Waals surface area contributed by atoms with Crippen LogP contribution in [0.4, 0.5) is 4.79 Å². The molecule has 0 saturated carbocycles. The number of carboxylic acid groups (broad SMARTS) is 1. The predicted octanol–water partition coefficient (Wildman–Crippen LogP) is 4.28. The number of amides is 1.